The predicted octanol–water partition coefficient (Wildman–Crippen LogP) is 3.17. The molecule has 0 amide bonds. The molecule has 0 aliphatic rings. The Bertz CT molecular complexity index is 1260. The van der Waals surface area contributed by atoms with E-state index >= 15 is 0 Å². The van der Waals surface area contributed by atoms with Crippen molar-refractivity contribution in [3.63, 3.8) is 0 Å². The van der Waals surface area contributed by atoms with Gasteiger partial charge in [0.2, 0.25) is 5.88 Å². The standard InChI is InChI=1S/C21H17N7O/c1-27-17(13-22-26-27)14-29-21-18(15-8-4-2-5-9-15)12-19-23-24-20(28(19)25-21)16-10-6-3-7-11-16/h2-13H,14H2,1H3. The van der Waals surface area contributed by atoms with Crippen LogP contribution in [0.1, 0.15) is 5.69 Å². The molecule has 8 nitrogen and oxygen atoms in total. The van der Waals surface area contributed by atoms with Gasteiger partial charge in [-0.05, 0) is 11.6 Å². The Labute approximate surface area is 166 Å². The summed E-state index contributed by atoms with van der Waals surface area (Å²) in [6.45, 7) is 0.296. The summed E-state index contributed by atoms with van der Waals surface area (Å²) < 4.78 is 9.48. The quantitative estimate of drug-likeness (QED) is 0.464. The van der Waals surface area contributed by atoms with Crippen LogP contribution in [-0.2, 0) is 13.7 Å². The van der Waals surface area contributed by atoms with Crippen molar-refractivity contribution in [1.29, 1.82) is 0 Å². The van der Waals surface area contributed by atoms with Crippen LogP contribution in [0.15, 0.2) is 72.9 Å². The van der Waals surface area contributed by atoms with Crippen LogP contribution in [0.5, 0.6) is 5.88 Å². The summed E-state index contributed by atoms with van der Waals surface area (Å²) in [5.41, 5.74) is 4.27. The van der Waals surface area contributed by atoms with Gasteiger partial charge in [0, 0.05) is 18.2 Å². The number of fused-ring (bicyclic) bond motifs is 1. The monoisotopic (exact) mass is 383 g/mol. The van der Waals surface area contributed by atoms with Gasteiger partial charge < -0.3 is 4.74 Å². The van der Waals surface area contributed by atoms with Gasteiger partial charge in [-0.2, -0.15) is 4.52 Å². The first-order valence-corrected chi connectivity index (χ1v) is 9.13. The lowest BCUT2D eigenvalue weighted by atomic mass is 10.1. The molecule has 0 bridgehead atoms. The Morgan fingerprint density at radius 3 is 2.31 bits per heavy atom. The molecule has 0 aliphatic carbocycles. The average Bonchev–Trinajstić information content (AvgIpc) is 3.38. The molecule has 0 saturated heterocycles. The molecule has 3 aromatic heterocycles. The van der Waals surface area contributed by atoms with E-state index < -0.39 is 0 Å². The highest BCUT2D eigenvalue weighted by atomic mass is 16.5. The smallest absolute Gasteiger partial charge is 0.240 e. The Morgan fingerprint density at radius 2 is 1.62 bits per heavy atom. The number of rotatable bonds is 5. The van der Waals surface area contributed by atoms with Crippen molar-refractivity contribution in [2.75, 3.05) is 0 Å². The van der Waals surface area contributed by atoms with Crippen molar-refractivity contribution in [3.8, 4) is 28.4 Å². The van der Waals surface area contributed by atoms with Gasteiger partial charge in [0.15, 0.2) is 11.5 Å². The first-order valence-electron chi connectivity index (χ1n) is 9.13. The van der Waals surface area contributed by atoms with Crippen LogP contribution in [-0.4, -0.2) is 34.8 Å². The van der Waals surface area contributed by atoms with Crippen LogP contribution in [0, 0.1) is 0 Å². The van der Waals surface area contributed by atoms with Crippen LogP contribution >= 0.6 is 0 Å². The number of hydrogen-bond donors (Lipinski definition) is 0. The van der Waals surface area contributed by atoms with Gasteiger partial charge in [0.25, 0.3) is 0 Å². The Hall–Kier alpha value is -4.07. The van der Waals surface area contributed by atoms with E-state index in [9.17, 15) is 0 Å². The molecular formula is C21H17N7O. The fourth-order valence-electron chi connectivity index (χ4n) is 3.10. The van der Waals surface area contributed by atoms with Gasteiger partial charge in [-0.3, -0.25) is 0 Å². The van der Waals surface area contributed by atoms with Gasteiger partial charge in [-0.15, -0.1) is 20.4 Å². The second-order valence-electron chi connectivity index (χ2n) is 6.53. The topological polar surface area (TPSA) is 83.0 Å². The van der Waals surface area contributed by atoms with Crippen molar-refractivity contribution < 1.29 is 4.74 Å². The van der Waals surface area contributed by atoms with E-state index in [0.29, 0.717) is 24.0 Å². The summed E-state index contributed by atoms with van der Waals surface area (Å²) in [6.07, 6.45) is 1.68. The number of benzene rings is 2. The molecule has 0 saturated carbocycles. The third kappa shape index (κ3) is 3.20. The molecule has 0 atom stereocenters. The summed E-state index contributed by atoms with van der Waals surface area (Å²) in [5, 5.41) is 21.2. The summed E-state index contributed by atoms with van der Waals surface area (Å²) in [7, 11) is 1.83. The number of aryl methyl sites for hydroxylation is 1. The van der Waals surface area contributed by atoms with Crippen molar-refractivity contribution in [1.82, 2.24) is 34.8 Å². The molecule has 8 heteroatoms. The van der Waals surface area contributed by atoms with Gasteiger partial charge in [0.1, 0.15) is 6.61 Å². The van der Waals surface area contributed by atoms with Crippen molar-refractivity contribution in [2.45, 2.75) is 6.61 Å². The molecule has 0 spiro atoms. The minimum atomic E-state index is 0.296. The SMILES string of the molecule is Cn1nncc1COc1nn2c(-c3ccccc3)nnc2cc1-c1ccccc1. The lowest BCUT2D eigenvalue weighted by Gasteiger charge is -2.11. The van der Waals surface area contributed by atoms with Gasteiger partial charge >= 0.3 is 0 Å². The Kier molecular flexibility index (Phi) is 4.21. The summed E-state index contributed by atoms with van der Waals surface area (Å²) >= 11 is 0. The first-order chi connectivity index (χ1) is 14.3. The third-order valence-corrected chi connectivity index (χ3v) is 4.64. The molecule has 0 N–H and O–H groups in total. The predicted molar refractivity (Wildman–Crippen MR) is 107 cm³/mol. The van der Waals surface area contributed by atoms with Crippen molar-refractivity contribution >= 4 is 5.65 Å². The first kappa shape index (κ1) is 17.1. The fourth-order valence-corrected chi connectivity index (χ4v) is 3.10. The van der Waals surface area contributed by atoms with Crippen molar-refractivity contribution in [3.05, 3.63) is 78.6 Å². The maximum Gasteiger partial charge on any atom is 0.240 e. The highest BCUT2D eigenvalue weighted by molar-refractivity contribution is 5.72. The van der Waals surface area contributed by atoms with Crippen LogP contribution in [0.25, 0.3) is 28.2 Å². The zero-order valence-corrected chi connectivity index (χ0v) is 15.7. The molecule has 2 aromatic carbocycles. The van der Waals surface area contributed by atoms with Crippen molar-refractivity contribution in [2.24, 2.45) is 7.05 Å². The number of hydrogen-bond acceptors (Lipinski definition) is 6. The third-order valence-electron chi connectivity index (χ3n) is 4.64. The van der Waals surface area contributed by atoms with E-state index in [1.165, 1.54) is 0 Å². The number of nitrogens with zero attached hydrogens (tertiary/aromatic N) is 7. The average molecular weight is 383 g/mol. The minimum absolute atomic E-state index is 0.296. The zero-order valence-electron chi connectivity index (χ0n) is 15.7. The molecular weight excluding hydrogens is 366 g/mol. The van der Waals surface area contributed by atoms with E-state index in [4.69, 9.17) is 9.84 Å². The van der Waals surface area contributed by atoms with Crippen LogP contribution in [0.2, 0.25) is 0 Å². The van der Waals surface area contributed by atoms with E-state index in [-0.39, 0.29) is 0 Å². The second kappa shape index (κ2) is 7.16. The largest absolute Gasteiger partial charge is 0.470 e. The van der Waals surface area contributed by atoms with Crippen LogP contribution in [0.3, 0.4) is 0 Å². The molecule has 142 valence electrons. The zero-order chi connectivity index (χ0) is 19.6. The lowest BCUT2D eigenvalue weighted by molar-refractivity contribution is 0.280. The van der Waals surface area contributed by atoms with E-state index in [1.54, 1.807) is 15.4 Å². The number of ether oxygens (including phenoxy) is 1. The van der Waals surface area contributed by atoms with Crippen LogP contribution < -0.4 is 4.74 Å². The molecule has 0 radical (unpaired) electrons. The fraction of sp³-hybridized carbons (Fsp3) is 0.0952. The lowest BCUT2D eigenvalue weighted by Crippen LogP contribution is -2.07. The Morgan fingerprint density at radius 1 is 0.897 bits per heavy atom. The Balaban J connectivity index is 1.63. The number of aromatic nitrogens is 7. The van der Waals surface area contributed by atoms with E-state index in [0.717, 1.165) is 22.4 Å². The molecule has 5 rings (SSSR count). The molecule has 29 heavy (non-hydrogen) atoms. The molecule has 3 heterocycles. The van der Waals surface area contributed by atoms with E-state index in [1.807, 2.05) is 73.8 Å². The molecule has 0 fully saturated rings. The molecule has 5 aromatic rings. The maximum absolute atomic E-state index is 6.10. The van der Waals surface area contributed by atoms with Gasteiger partial charge in [-0.1, -0.05) is 65.9 Å². The highest BCUT2D eigenvalue weighted by Crippen LogP contribution is 2.30. The normalized spacial score (nSPS) is 11.1. The van der Waals surface area contributed by atoms with E-state index in [2.05, 4.69) is 20.5 Å². The van der Waals surface area contributed by atoms with Gasteiger partial charge in [0.05, 0.1) is 11.9 Å². The van der Waals surface area contributed by atoms with Gasteiger partial charge in [-0.25, -0.2) is 4.68 Å². The maximum atomic E-state index is 6.10. The molecule has 0 aliphatic heterocycles. The summed E-state index contributed by atoms with van der Waals surface area (Å²) in [5.74, 6) is 1.15. The molecule has 0 unspecified atom stereocenters. The highest BCUT2D eigenvalue weighted by Gasteiger charge is 2.16. The second-order valence-corrected chi connectivity index (χ2v) is 6.53. The van der Waals surface area contributed by atoms with Crippen LogP contribution in [0.4, 0.5) is 0 Å². The minimum Gasteiger partial charge on any atom is -0.470 e. The summed E-state index contributed by atoms with van der Waals surface area (Å²) in [6, 6.07) is 21.7. The summed E-state index contributed by atoms with van der Waals surface area (Å²) in [4.78, 5) is 0.